The number of nitriles is 1. The maximum atomic E-state index is 8.60. The normalized spacial score (nSPS) is 10.6. The Bertz CT molecular complexity index is 2900. The van der Waals surface area contributed by atoms with E-state index < -0.39 is 0 Å². The molecule has 0 aliphatic carbocycles. The second-order valence-corrected chi connectivity index (χ2v) is 13.9. The van der Waals surface area contributed by atoms with Crippen molar-refractivity contribution in [3.63, 3.8) is 0 Å². The first-order valence-corrected chi connectivity index (χ1v) is 20.1. The van der Waals surface area contributed by atoms with Crippen molar-refractivity contribution in [2.24, 2.45) is 0 Å². The fraction of sp³-hybridized carbons (Fsp3) is 0.120. The lowest BCUT2D eigenvalue weighted by Crippen LogP contribution is -2.02. The molecule has 0 aliphatic heterocycles. The molecule has 1 N–H and O–H groups in total. The number of aromatic nitrogens is 6. The lowest BCUT2D eigenvalue weighted by atomic mass is 10.2. The third kappa shape index (κ3) is 12.1. The molecule has 0 saturated heterocycles. The van der Waals surface area contributed by atoms with Crippen LogP contribution in [0.15, 0.2) is 170 Å². The van der Waals surface area contributed by atoms with E-state index in [9.17, 15) is 0 Å². The summed E-state index contributed by atoms with van der Waals surface area (Å²) < 4.78 is 34.8. The number of aromatic amines is 1. The third-order valence-electron chi connectivity index (χ3n) is 9.40. The second kappa shape index (κ2) is 21.1. The highest BCUT2D eigenvalue weighted by Gasteiger charge is 2.09. The molecule has 13 heteroatoms. The van der Waals surface area contributed by atoms with Gasteiger partial charge in [0, 0.05) is 10.8 Å². The van der Waals surface area contributed by atoms with E-state index in [4.69, 9.17) is 33.7 Å². The van der Waals surface area contributed by atoms with Crippen LogP contribution in [-0.2, 0) is 33.0 Å². The molecule has 0 amide bonds. The Balaban J connectivity index is 0.000000174. The van der Waals surface area contributed by atoms with Crippen molar-refractivity contribution in [2.45, 2.75) is 33.0 Å². The summed E-state index contributed by atoms with van der Waals surface area (Å²) >= 11 is 0. The lowest BCUT2D eigenvalue weighted by Gasteiger charge is -2.13. The molecule has 0 saturated carbocycles. The summed E-state index contributed by atoms with van der Waals surface area (Å²) in [6.45, 7) is 1.80. The Morgan fingerprint density at radius 1 is 0.444 bits per heavy atom. The van der Waals surface area contributed by atoms with Gasteiger partial charge in [0.05, 0.1) is 22.4 Å². The molecule has 9 aromatic rings. The van der Waals surface area contributed by atoms with Gasteiger partial charge in [-0.05, 0) is 96.1 Å². The van der Waals surface area contributed by atoms with Crippen LogP contribution in [0.25, 0.3) is 21.8 Å². The SMILES string of the molecule is N#CCOc1cccc(COc2ccc(OCc3ccc4ccccc4n3)cc2)c1.c1cc(COc2ccccc2OCc2ccc3ccccc3n2)cc(OCc2nn[nH]n2)c1. The number of H-pyrrole nitrogens is 1. The van der Waals surface area contributed by atoms with Crippen LogP contribution in [0.3, 0.4) is 0 Å². The quantitative estimate of drug-likeness (QED) is 0.0927. The summed E-state index contributed by atoms with van der Waals surface area (Å²) in [5.74, 6) is 4.67. The van der Waals surface area contributed by atoms with Gasteiger partial charge in [-0.15, -0.1) is 10.2 Å². The number of tetrazole rings is 1. The first-order chi connectivity index (χ1) is 31.1. The van der Waals surface area contributed by atoms with Gasteiger partial charge >= 0.3 is 0 Å². The molecule has 0 unspecified atom stereocenters. The Labute approximate surface area is 363 Å². The first kappa shape index (κ1) is 41.2. The molecule has 0 bridgehead atoms. The minimum Gasteiger partial charge on any atom is -0.489 e. The summed E-state index contributed by atoms with van der Waals surface area (Å²) in [4.78, 5) is 9.28. The number of pyridine rings is 2. The molecule has 9 rings (SSSR count). The van der Waals surface area contributed by atoms with Crippen molar-refractivity contribution < 1.29 is 28.4 Å². The maximum Gasteiger partial charge on any atom is 0.211 e. The first-order valence-electron chi connectivity index (χ1n) is 20.1. The van der Waals surface area contributed by atoms with Crippen LogP contribution in [-0.4, -0.2) is 37.2 Å². The van der Waals surface area contributed by atoms with E-state index in [1.165, 1.54) is 0 Å². The number of hydrogen-bond donors (Lipinski definition) is 1. The molecule has 0 fully saturated rings. The standard InChI is InChI=1S/C25H21N5O3.C25H20N2O3/c1-2-9-22-19(7-1)12-13-20(26-22)16-33-24-11-4-3-10-23(24)32-15-18-6-5-8-21(14-18)31-17-25-27-29-30-28-25;26-14-15-28-24-6-3-4-19(16-24)17-29-22-10-12-23(13-11-22)30-18-21-9-8-20-5-1-2-7-25(20)27-21/h1-14H,15-17H2,(H,27,28,29,30);1-13,16H,15,17-18H2. The molecule has 312 valence electrons. The van der Waals surface area contributed by atoms with E-state index in [1.807, 2.05) is 164 Å². The summed E-state index contributed by atoms with van der Waals surface area (Å²) in [7, 11) is 0. The van der Waals surface area contributed by atoms with Crippen molar-refractivity contribution >= 4 is 21.8 Å². The predicted octanol–water partition coefficient (Wildman–Crippen LogP) is 9.78. The minimum absolute atomic E-state index is 0.0283. The summed E-state index contributed by atoms with van der Waals surface area (Å²) in [6, 6.07) is 56.4. The van der Waals surface area contributed by atoms with Gasteiger partial charge in [-0.3, -0.25) is 0 Å². The Kier molecular flexibility index (Phi) is 13.8. The topological polar surface area (TPSA) is 159 Å². The van der Waals surface area contributed by atoms with E-state index in [-0.39, 0.29) is 13.2 Å². The summed E-state index contributed by atoms with van der Waals surface area (Å²) in [5.41, 5.74) is 5.58. The van der Waals surface area contributed by atoms with Gasteiger partial charge in [-0.25, -0.2) is 9.97 Å². The van der Waals surface area contributed by atoms with E-state index in [1.54, 1.807) is 0 Å². The van der Waals surface area contributed by atoms with Crippen molar-refractivity contribution in [1.29, 1.82) is 5.26 Å². The Hall–Kier alpha value is -8.50. The number of rotatable bonds is 17. The number of nitrogens with zero attached hydrogens (tertiary/aromatic N) is 6. The molecule has 0 spiro atoms. The van der Waals surface area contributed by atoms with Crippen LogP contribution in [0, 0.1) is 11.3 Å². The molecule has 0 atom stereocenters. The Morgan fingerprint density at radius 2 is 0.952 bits per heavy atom. The monoisotopic (exact) mass is 835 g/mol. The number of hydrogen-bond acceptors (Lipinski definition) is 12. The van der Waals surface area contributed by atoms with E-state index in [0.29, 0.717) is 55.2 Å². The zero-order valence-corrected chi connectivity index (χ0v) is 34.0. The van der Waals surface area contributed by atoms with Crippen LogP contribution in [0.5, 0.6) is 34.5 Å². The fourth-order valence-electron chi connectivity index (χ4n) is 6.29. The Morgan fingerprint density at radius 3 is 1.54 bits per heavy atom. The number of benzene rings is 6. The average Bonchev–Trinajstić information content (AvgIpc) is 3.87. The third-order valence-corrected chi connectivity index (χ3v) is 9.40. The molecule has 3 aromatic heterocycles. The maximum absolute atomic E-state index is 8.60. The van der Waals surface area contributed by atoms with E-state index in [2.05, 4.69) is 42.7 Å². The van der Waals surface area contributed by atoms with Gasteiger partial charge in [0.1, 0.15) is 55.5 Å². The van der Waals surface area contributed by atoms with E-state index >= 15 is 0 Å². The highest BCUT2D eigenvalue weighted by atomic mass is 16.5. The summed E-state index contributed by atoms with van der Waals surface area (Å²) in [6.07, 6.45) is 0. The van der Waals surface area contributed by atoms with Crippen molar-refractivity contribution in [1.82, 2.24) is 30.6 Å². The van der Waals surface area contributed by atoms with Gasteiger partial charge in [0.15, 0.2) is 24.7 Å². The van der Waals surface area contributed by atoms with Crippen LogP contribution >= 0.6 is 0 Å². The fourth-order valence-corrected chi connectivity index (χ4v) is 6.29. The molecule has 63 heavy (non-hydrogen) atoms. The largest absolute Gasteiger partial charge is 0.489 e. The van der Waals surface area contributed by atoms with Crippen molar-refractivity contribution in [3.8, 4) is 40.6 Å². The van der Waals surface area contributed by atoms with Crippen LogP contribution < -0.4 is 28.4 Å². The van der Waals surface area contributed by atoms with E-state index in [0.717, 1.165) is 55.8 Å². The average molecular weight is 836 g/mol. The molecule has 13 nitrogen and oxygen atoms in total. The highest BCUT2D eigenvalue weighted by Crippen LogP contribution is 2.29. The number of fused-ring (bicyclic) bond motifs is 2. The van der Waals surface area contributed by atoms with Crippen molar-refractivity contribution in [3.05, 3.63) is 198 Å². The second-order valence-electron chi connectivity index (χ2n) is 13.9. The zero-order chi connectivity index (χ0) is 42.9. The predicted molar refractivity (Wildman–Crippen MR) is 236 cm³/mol. The molecule has 0 radical (unpaired) electrons. The van der Waals surface area contributed by atoms with Gasteiger partial charge < -0.3 is 28.4 Å². The smallest absolute Gasteiger partial charge is 0.211 e. The van der Waals surface area contributed by atoms with Gasteiger partial charge in [-0.1, -0.05) is 90.1 Å². The summed E-state index contributed by atoms with van der Waals surface area (Å²) in [5, 5.41) is 24.5. The molecule has 6 aromatic carbocycles. The van der Waals surface area contributed by atoms with Crippen molar-refractivity contribution in [2.75, 3.05) is 6.61 Å². The molecular formula is C50H41N7O6. The zero-order valence-electron chi connectivity index (χ0n) is 34.0. The number of ether oxygens (including phenoxy) is 6. The van der Waals surface area contributed by atoms with Crippen LogP contribution in [0.1, 0.15) is 28.3 Å². The molecular weight excluding hydrogens is 795 g/mol. The highest BCUT2D eigenvalue weighted by molar-refractivity contribution is 5.79. The van der Waals surface area contributed by atoms with Crippen LogP contribution in [0.4, 0.5) is 0 Å². The van der Waals surface area contributed by atoms with Gasteiger partial charge in [0.2, 0.25) is 5.82 Å². The van der Waals surface area contributed by atoms with Gasteiger partial charge in [0.25, 0.3) is 0 Å². The lowest BCUT2D eigenvalue weighted by molar-refractivity contribution is 0.253. The molecule has 3 heterocycles. The minimum atomic E-state index is 0.0283. The van der Waals surface area contributed by atoms with Crippen LogP contribution in [0.2, 0.25) is 0 Å². The number of para-hydroxylation sites is 4. The number of nitrogens with one attached hydrogen (secondary N) is 1. The molecule has 0 aliphatic rings. The van der Waals surface area contributed by atoms with Gasteiger partial charge in [-0.2, -0.15) is 10.5 Å².